The summed E-state index contributed by atoms with van der Waals surface area (Å²) >= 11 is 0. The molecule has 20 heavy (non-hydrogen) atoms. The number of fused-ring (bicyclic) bond motifs is 3. The number of hydrogen-bond acceptors (Lipinski definition) is 2. The number of benzene rings is 1. The van der Waals surface area contributed by atoms with Crippen LogP contribution < -0.4 is 0 Å². The third-order valence-electron chi connectivity index (χ3n) is 5.32. The number of aliphatic hydroxyl groups is 1. The summed E-state index contributed by atoms with van der Waals surface area (Å²) in [6, 6.07) is 9.47. The molecule has 102 valence electrons. The standard InChI is InChI=1S/C18H18O2/c19-16(13-4-2-1-3-5-13)15-8-9-18(17(15)20)11-12-6-7-14(18)10-12/h1-8,12,14,16,19H,9-11H2/t12-,14+,16+,18-/m0/s1. The Balaban J connectivity index is 1.63. The van der Waals surface area contributed by atoms with E-state index in [2.05, 4.69) is 12.2 Å². The number of hydrogen-bond donors (Lipinski definition) is 1. The Bertz CT molecular complexity index is 614. The van der Waals surface area contributed by atoms with Gasteiger partial charge in [0.15, 0.2) is 5.78 Å². The highest BCUT2D eigenvalue weighted by Gasteiger charge is 2.56. The lowest BCUT2D eigenvalue weighted by atomic mass is 9.72. The van der Waals surface area contributed by atoms with Gasteiger partial charge in [0.25, 0.3) is 0 Å². The molecule has 0 aromatic heterocycles. The van der Waals surface area contributed by atoms with Crippen molar-refractivity contribution < 1.29 is 9.90 Å². The Morgan fingerprint density at radius 2 is 2.00 bits per heavy atom. The van der Waals surface area contributed by atoms with Crippen LogP contribution in [0.15, 0.2) is 54.1 Å². The topological polar surface area (TPSA) is 37.3 Å². The third-order valence-corrected chi connectivity index (χ3v) is 5.32. The van der Waals surface area contributed by atoms with Crippen LogP contribution in [0, 0.1) is 17.3 Å². The number of carbonyl (C=O) groups is 1. The molecule has 3 aliphatic rings. The molecule has 2 bridgehead atoms. The molecular formula is C18H18O2. The van der Waals surface area contributed by atoms with Crippen LogP contribution in [-0.4, -0.2) is 10.9 Å². The molecule has 1 fully saturated rings. The zero-order chi connectivity index (χ0) is 13.7. The van der Waals surface area contributed by atoms with E-state index in [1.54, 1.807) is 0 Å². The molecule has 0 aliphatic heterocycles. The van der Waals surface area contributed by atoms with E-state index in [-0.39, 0.29) is 11.2 Å². The summed E-state index contributed by atoms with van der Waals surface area (Å²) in [5, 5.41) is 10.5. The van der Waals surface area contributed by atoms with Crippen LogP contribution in [-0.2, 0) is 4.79 Å². The molecule has 1 aromatic rings. The Morgan fingerprint density at radius 3 is 2.65 bits per heavy atom. The van der Waals surface area contributed by atoms with Crippen LogP contribution in [0.1, 0.15) is 30.9 Å². The van der Waals surface area contributed by atoms with Crippen LogP contribution in [0.2, 0.25) is 0 Å². The summed E-state index contributed by atoms with van der Waals surface area (Å²) in [6.45, 7) is 0. The second-order valence-corrected chi connectivity index (χ2v) is 6.35. The Hall–Kier alpha value is -1.67. The first-order valence-electron chi connectivity index (χ1n) is 7.37. The molecule has 1 spiro atoms. The molecule has 1 N–H and O–H groups in total. The smallest absolute Gasteiger partial charge is 0.168 e. The molecule has 0 amide bonds. The molecule has 1 aromatic carbocycles. The van der Waals surface area contributed by atoms with Crippen LogP contribution in [0.5, 0.6) is 0 Å². The average molecular weight is 266 g/mol. The second kappa shape index (κ2) is 4.16. The van der Waals surface area contributed by atoms with Gasteiger partial charge < -0.3 is 5.11 Å². The van der Waals surface area contributed by atoms with Gasteiger partial charge in [-0.1, -0.05) is 48.6 Å². The van der Waals surface area contributed by atoms with E-state index in [4.69, 9.17) is 0 Å². The van der Waals surface area contributed by atoms with Crippen LogP contribution in [0.25, 0.3) is 0 Å². The number of allylic oxidation sites excluding steroid dienone is 3. The lowest BCUT2D eigenvalue weighted by Crippen LogP contribution is -2.33. The fourth-order valence-electron chi connectivity index (χ4n) is 4.27. The highest BCUT2D eigenvalue weighted by atomic mass is 16.3. The van der Waals surface area contributed by atoms with E-state index in [1.807, 2.05) is 36.4 Å². The highest BCUT2D eigenvalue weighted by Crippen LogP contribution is 2.58. The molecule has 0 heterocycles. The third kappa shape index (κ3) is 1.52. The number of aliphatic hydroxyl groups excluding tert-OH is 1. The zero-order valence-corrected chi connectivity index (χ0v) is 11.3. The molecule has 3 aliphatic carbocycles. The van der Waals surface area contributed by atoms with Crippen molar-refractivity contribution in [3.8, 4) is 0 Å². The molecular weight excluding hydrogens is 248 g/mol. The summed E-state index contributed by atoms with van der Waals surface area (Å²) in [7, 11) is 0. The van der Waals surface area contributed by atoms with Crippen molar-refractivity contribution in [2.24, 2.45) is 17.3 Å². The molecule has 2 heteroatoms. The summed E-state index contributed by atoms with van der Waals surface area (Å²) in [5.41, 5.74) is 1.19. The summed E-state index contributed by atoms with van der Waals surface area (Å²) in [6.07, 6.45) is 8.58. The largest absolute Gasteiger partial charge is 0.384 e. The quantitative estimate of drug-likeness (QED) is 0.835. The van der Waals surface area contributed by atoms with Crippen molar-refractivity contribution >= 4 is 5.78 Å². The van der Waals surface area contributed by atoms with E-state index < -0.39 is 6.10 Å². The Kier molecular flexibility index (Phi) is 2.52. The van der Waals surface area contributed by atoms with Gasteiger partial charge in [-0.25, -0.2) is 0 Å². The molecule has 0 unspecified atom stereocenters. The maximum atomic E-state index is 12.9. The Morgan fingerprint density at radius 1 is 1.20 bits per heavy atom. The first-order chi connectivity index (χ1) is 9.71. The minimum Gasteiger partial charge on any atom is -0.384 e. The molecule has 1 saturated carbocycles. The van der Waals surface area contributed by atoms with Gasteiger partial charge >= 0.3 is 0 Å². The van der Waals surface area contributed by atoms with Gasteiger partial charge in [0.05, 0.1) is 0 Å². The van der Waals surface area contributed by atoms with Crippen molar-refractivity contribution in [1.29, 1.82) is 0 Å². The first kappa shape index (κ1) is 12.1. The van der Waals surface area contributed by atoms with E-state index in [9.17, 15) is 9.90 Å². The van der Waals surface area contributed by atoms with Crippen LogP contribution in [0.3, 0.4) is 0 Å². The minimum absolute atomic E-state index is 0.186. The summed E-state index contributed by atoms with van der Waals surface area (Å²) in [4.78, 5) is 12.9. The van der Waals surface area contributed by atoms with E-state index in [0.29, 0.717) is 17.4 Å². The van der Waals surface area contributed by atoms with Crippen molar-refractivity contribution in [3.63, 3.8) is 0 Å². The second-order valence-electron chi connectivity index (χ2n) is 6.35. The van der Waals surface area contributed by atoms with Gasteiger partial charge in [-0.2, -0.15) is 0 Å². The molecule has 0 saturated heterocycles. The van der Waals surface area contributed by atoms with Crippen molar-refractivity contribution in [3.05, 3.63) is 59.7 Å². The normalized spacial score (nSPS) is 35.9. The van der Waals surface area contributed by atoms with Crippen molar-refractivity contribution in [1.82, 2.24) is 0 Å². The van der Waals surface area contributed by atoms with Crippen molar-refractivity contribution in [2.45, 2.75) is 25.4 Å². The van der Waals surface area contributed by atoms with Gasteiger partial charge in [0, 0.05) is 11.0 Å². The lowest BCUT2D eigenvalue weighted by Gasteiger charge is -2.30. The SMILES string of the molecule is O=C1C([C@H](O)c2ccccc2)=CC[C@@]12C[C@H]1C=C[C@@H]2C1. The Labute approximate surface area is 118 Å². The van der Waals surface area contributed by atoms with Crippen LogP contribution >= 0.6 is 0 Å². The predicted molar refractivity (Wildman–Crippen MR) is 76.9 cm³/mol. The lowest BCUT2D eigenvalue weighted by molar-refractivity contribution is -0.125. The summed E-state index contributed by atoms with van der Waals surface area (Å²) < 4.78 is 0. The average Bonchev–Trinajstić information content (AvgIpc) is 3.16. The molecule has 4 atom stereocenters. The van der Waals surface area contributed by atoms with E-state index in [0.717, 1.165) is 24.8 Å². The fraction of sp³-hybridized carbons (Fsp3) is 0.389. The van der Waals surface area contributed by atoms with Crippen molar-refractivity contribution in [2.75, 3.05) is 0 Å². The van der Waals surface area contributed by atoms with Gasteiger partial charge in [-0.3, -0.25) is 4.79 Å². The maximum absolute atomic E-state index is 12.9. The molecule has 4 rings (SSSR count). The maximum Gasteiger partial charge on any atom is 0.168 e. The van der Waals surface area contributed by atoms with E-state index in [1.165, 1.54) is 0 Å². The minimum atomic E-state index is -0.772. The molecule has 0 radical (unpaired) electrons. The number of Topliss-reactive ketones (excluding diaryl/α,β-unsaturated/α-hetero) is 1. The highest BCUT2D eigenvalue weighted by molar-refractivity contribution is 6.04. The molecule has 2 nitrogen and oxygen atoms in total. The first-order valence-corrected chi connectivity index (χ1v) is 7.37. The van der Waals surface area contributed by atoms with Crippen LogP contribution in [0.4, 0.5) is 0 Å². The summed E-state index contributed by atoms with van der Waals surface area (Å²) in [5.74, 6) is 1.15. The number of ketones is 1. The fourth-order valence-corrected chi connectivity index (χ4v) is 4.27. The van der Waals surface area contributed by atoms with Gasteiger partial charge in [-0.05, 0) is 36.7 Å². The van der Waals surface area contributed by atoms with Gasteiger partial charge in [-0.15, -0.1) is 0 Å². The van der Waals surface area contributed by atoms with Gasteiger partial charge in [0.2, 0.25) is 0 Å². The monoisotopic (exact) mass is 266 g/mol. The number of rotatable bonds is 2. The van der Waals surface area contributed by atoms with E-state index >= 15 is 0 Å². The zero-order valence-electron chi connectivity index (χ0n) is 11.3. The van der Waals surface area contributed by atoms with Gasteiger partial charge in [0.1, 0.15) is 6.10 Å². The number of carbonyl (C=O) groups excluding carboxylic acids is 1. The predicted octanol–water partition coefficient (Wildman–Crippen LogP) is 3.20.